The Morgan fingerprint density at radius 2 is 2.24 bits per heavy atom. The second-order valence-corrected chi connectivity index (χ2v) is 5.22. The molecule has 7 heteroatoms. The predicted molar refractivity (Wildman–Crippen MR) is 78.8 cm³/mol. The number of aromatic nitrogens is 2. The van der Waals surface area contributed by atoms with E-state index in [1.165, 1.54) is 40.9 Å². The van der Waals surface area contributed by atoms with Gasteiger partial charge in [0.05, 0.1) is 6.20 Å². The van der Waals surface area contributed by atoms with E-state index < -0.39 is 5.97 Å². The maximum Gasteiger partial charge on any atom is 0.328 e. The van der Waals surface area contributed by atoms with Crippen LogP contribution in [0.15, 0.2) is 36.1 Å². The van der Waals surface area contributed by atoms with E-state index in [0.717, 1.165) is 16.5 Å². The number of hydrogen-bond donors (Lipinski definition) is 1. The van der Waals surface area contributed by atoms with Crippen LogP contribution >= 0.6 is 11.3 Å². The maximum absolute atomic E-state index is 12.1. The first-order chi connectivity index (χ1) is 10.1. The van der Waals surface area contributed by atoms with Crippen molar-refractivity contribution in [2.45, 2.75) is 6.54 Å². The molecule has 0 unspecified atom stereocenters. The molecule has 0 saturated carbocycles. The van der Waals surface area contributed by atoms with Crippen molar-refractivity contribution < 1.29 is 14.7 Å². The lowest BCUT2D eigenvalue weighted by Gasteiger charge is -2.15. The van der Waals surface area contributed by atoms with Gasteiger partial charge in [0, 0.05) is 36.9 Å². The monoisotopic (exact) mass is 303 g/mol. The molecule has 0 aliphatic carbocycles. The van der Waals surface area contributed by atoms with E-state index in [1.54, 1.807) is 7.05 Å². The fourth-order valence-electron chi connectivity index (χ4n) is 1.67. The predicted octanol–water partition coefficient (Wildman–Crippen LogP) is 1.91. The molecule has 0 aliphatic heterocycles. The Morgan fingerprint density at radius 3 is 2.90 bits per heavy atom. The van der Waals surface area contributed by atoms with E-state index >= 15 is 0 Å². The van der Waals surface area contributed by atoms with Gasteiger partial charge >= 0.3 is 5.97 Å². The summed E-state index contributed by atoms with van der Waals surface area (Å²) in [4.78, 5) is 32.8. The molecule has 1 N–H and O–H groups in total. The molecule has 6 nitrogen and oxygen atoms in total. The van der Waals surface area contributed by atoms with Crippen molar-refractivity contribution in [3.05, 3.63) is 52.2 Å². The Kier molecular flexibility index (Phi) is 4.78. The van der Waals surface area contributed by atoms with Gasteiger partial charge in [-0.3, -0.25) is 9.78 Å². The molecule has 0 aliphatic rings. The number of amides is 1. The molecule has 2 aromatic heterocycles. The molecule has 2 heterocycles. The summed E-state index contributed by atoms with van der Waals surface area (Å²) in [6.45, 7) is 0.423. The first-order valence-corrected chi connectivity index (χ1v) is 6.94. The zero-order chi connectivity index (χ0) is 15.2. The van der Waals surface area contributed by atoms with Crippen molar-refractivity contribution in [2.24, 2.45) is 0 Å². The molecule has 2 rings (SSSR count). The van der Waals surface area contributed by atoms with Crippen LogP contribution in [0.2, 0.25) is 0 Å². The lowest BCUT2D eigenvalue weighted by Crippen LogP contribution is -2.26. The molecule has 0 fully saturated rings. The van der Waals surface area contributed by atoms with Crippen molar-refractivity contribution in [3.63, 3.8) is 0 Å². The lowest BCUT2D eigenvalue weighted by molar-refractivity contribution is -0.131. The first kappa shape index (κ1) is 14.9. The normalized spacial score (nSPS) is 10.7. The Labute approximate surface area is 125 Å². The van der Waals surface area contributed by atoms with Gasteiger partial charge < -0.3 is 10.0 Å². The Balaban J connectivity index is 2.01. The summed E-state index contributed by atoms with van der Waals surface area (Å²) >= 11 is 1.42. The van der Waals surface area contributed by atoms with Gasteiger partial charge in [-0.2, -0.15) is 0 Å². The van der Waals surface area contributed by atoms with Crippen LogP contribution in [0.25, 0.3) is 6.08 Å². The highest BCUT2D eigenvalue weighted by Crippen LogP contribution is 2.18. The zero-order valence-corrected chi connectivity index (χ0v) is 12.1. The van der Waals surface area contributed by atoms with Gasteiger partial charge in [-0.25, -0.2) is 9.78 Å². The Hall–Kier alpha value is -2.54. The third kappa shape index (κ3) is 4.22. The molecule has 21 heavy (non-hydrogen) atoms. The largest absolute Gasteiger partial charge is 0.478 e. The quantitative estimate of drug-likeness (QED) is 0.853. The number of nitrogens with zero attached hydrogens (tertiary/aromatic N) is 3. The van der Waals surface area contributed by atoms with Gasteiger partial charge in [0.1, 0.15) is 5.69 Å². The Bertz CT molecular complexity index is 667. The number of aliphatic carboxylic acids is 1. The molecule has 0 atom stereocenters. The second-order valence-electron chi connectivity index (χ2n) is 4.28. The number of carbonyl (C=O) groups is 2. The minimum Gasteiger partial charge on any atom is -0.478 e. The van der Waals surface area contributed by atoms with Crippen molar-refractivity contribution in [1.29, 1.82) is 0 Å². The van der Waals surface area contributed by atoms with Crippen LogP contribution in [0.4, 0.5) is 0 Å². The van der Waals surface area contributed by atoms with Crippen LogP contribution in [0.1, 0.15) is 20.9 Å². The maximum atomic E-state index is 12.1. The van der Waals surface area contributed by atoms with E-state index in [9.17, 15) is 9.59 Å². The average Bonchev–Trinajstić information content (AvgIpc) is 2.92. The van der Waals surface area contributed by atoms with Crippen molar-refractivity contribution in [1.82, 2.24) is 14.9 Å². The van der Waals surface area contributed by atoms with Crippen LogP contribution in [0, 0.1) is 0 Å². The number of hydrogen-bond acceptors (Lipinski definition) is 5. The van der Waals surface area contributed by atoms with Crippen LogP contribution in [0.3, 0.4) is 0 Å². The van der Waals surface area contributed by atoms with Gasteiger partial charge in [0.2, 0.25) is 0 Å². The minimum absolute atomic E-state index is 0.211. The number of carboxylic acid groups (broad SMARTS) is 1. The zero-order valence-electron chi connectivity index (χ0n) is 11.3. The first-order valence-electron chi connectivity index (χ1n) is 6.06. The highest BCUT2D eigenvalue weighted by atomic mass is 32.1. The highest BCUT2D eigenvalue weighted by molar-refractivity contribution is 7.11. The van der Waals surface area contributed by atoms with Crippen LogP contribution < -0.4 is 0 Å². The van der Waals surface area contributed by atoms with E-state index in [0.29, 0.717) is 12.2 Å². The molecule has 0 saturated heterocycles. The smallest absolute Gasteiger partial charge is 0.328 e. The summed E-state index contributed by atoms with van der Waals surface area (Å²) < 4.78 is 0. The summed E-state index contributed by atoms with van der Waals surface area (Å²) in [5.74, 6) is -1.20. The fourth-order valence-corrected chi connectivity index (χ4v) is 2.47. The summed E-state index contributed by atoms with van der Waals surface area (Å²) in [5.41, 5.74) is 1.23. The molecular weight excluding hydrogens is 290 g/mol. The van der Waals surface area contributed by atoms with Crippen LogP contribution in [-0.2, 0) is 11.3 Å². The SMILES string of the molecule is CN(Cc1csc(C=CC(=O)O)c1)C(=O)c1cnccn1. The molecule has 0 aromatic carbocycles. The molecule has 0 spiro atoms. The van der Waals surface area contributed by atoms with Gasteiger partial charge in [-0.05, 0) is 23.1 Å². The van der Waals surface area contributed by atoms with E-state index in [4.69, 9.17) is 5.11 Å². The molecule has 1 amide bonds. The number of carbonyl (C=O) groups excluding carboxylic acids is 1. The topological polar surface area (TPSA) is 83.4 Å². The summed E-state index contributed by atoms with van der Waals surface area (Å²) in [6, 6.07) is 1.85. The molecule has 2 aromatic rings. The van der Waals surface area contributed by atoms with E-state index in [-0.39, 0.29) is 5.91 Å². The van der Waals surface area contributed by atoms with E-state index in [1.807, 2.05) is 11.4 Å². The molecule has 108 valence electrons. The number of carboxylic acids is 1. The van der Waals surface area contributed by atoms with Crippen molar-refractivity contribution >= 4 is 29.3 Å². The van der Waals surface area contributed by atoms with E-state index in [2.05, 4.69) is 9.97 Å². The standard InChI is InChI=1S/C14H13N3O3S/c1-17(14(20)12-7-15-4-5-16-12)8-10-6-11(21-9-10)2-3-13(18)19/h2-7,9H,8H2,1H3,(H,18,19). The number of thiophene rings is 1. The van der Waals surface area contributed by atoms with Gasteiger partial charge in [0.15, 0.2) is 0 Å². The van der Waals surface area contributed by atoms with Crippen LogP contribution in [-0.4, -0.2) is 38.9 Å². The summed E-state index contributed by atoms with van der Waals surface area (Å²) in [6.07, 6.45) is 7.02. The van der Waals surface area contributed by atoms with Crippen LogP contribution in [0.5, 0.6) is 0 Å². The summed E-state index contributed by atoms with van der Waals surface area (Å²) in [7, 11) is 1.68. The third-order valence-electron chi connectivity index (χ3n) is 2.61. The molecule has 0 radical (unpaired) electrons. The molecule has 0 bridgehead atoms. The minimum atomic E-state index is -0.986. The summed E-state index contributed by atoms with van der Waals surface area (Å²) in [5, 5.41) is 10.5. The molecular formula is C14H13N3O3S. The van der Waals surface area contributed by atoms with Crippen molar-refractivity contribution in [2.75, 3.05) is 7.05 Å². The Morgan fingerprint density at radius 1 is 1.43 bits per heavy atom. The lowest BCUT2D eigenvalue weighted by atomic mass is 10.2. The average molecular weight is 303 g/mol. The second kappa shape index (κ2) is 6.76. The highest BCUT2D eigenvalue weighted by Gasteiger charge is 2.13. The number of rotatable bonds is 5. The van der Waals surface area contributed by atoms with Gasteiger partial charge in [0.25, 0.3) is 5.91 Å². The van der Waals surface area contributed by atoms with Gasteiger partial charge in [-0.1, -0.05) is 0 Å². The third-order valence-corrected chi connectivity index (χ3v) is 3.56. The fraction of sp³-hybridized carbons (Fsp3) is 0.143. The van der Waals surface area contributed by atoms with Crippen molar-refractivity contribution in [3.8, 4) is 0 Å². The van der Waals surface area contributed by atoms with Gasteiger partial charge in [-0.15, -0.1) is 11.3 Å².